The molecule has 0 aliphatic heterocycles. The van der Waals surface area contributed by atoms with Gasteiger partial charge in [-0.05, 0) is 71.5 Å². The SMILES string of the molecule is Cc1cc(-c2ccc(C(=O)O)cc2)c(C)cc1-c1ccc(OC=O)cc1. The highest BCUT2D eigenvalue weighted by Gasteiger charge is 2.10. The van der Waals surface area contributed by atoms with Gasteiger partial charge in [0.15, 0.2) is 0 Å². The number of benzene rings is 3. The first-order valence-corrected chi connectivity index (χ1v) is 8.15. The van der Waals surface area contributed by atoms with Crippen molar-refractivity contribution in [1.29, 1.82) is 0 Å². The third-order valence-corrected chi connectivity index (χ3v) is 4.36. The maximum absolute atomic E-state index is 11.0. The van der Waals surface area contributed by atoms with E-state index in [0.29, 0.717) is 12.2 Å². The third-order valence-electron chi connectivity index (χ3n) is 4.36. The van der Waals surface area contributed by atoms with E-state index in [1.807, 2.05) is 38.1 Å². The van der Waals surface area contributed by atoms with E-state index < -0.39 is 5.97 Å². The summed E-state index contributed by atoms with van der Waals surface area (Å²) >= 11 is 0. The van der Waals surface area contributed by atoms with Crippen LogP contribution < -0.4 is 4.74 Å². The lowest BCUT2D eigenvalue weighted by Crippen LogP contribution is -1.96. The molecule has 0 bridgehead atoms. The normalized spacial score (nSPS) is 10.4. The minimum atomic E-state index is -0.929. The molecular weight excluding hydrogens is 328 g/mol. The minimum absolute atomic E-state index is 0.275. The number of hydrogen-bond donors (Lipinski definition) is 1. The Morgan fingerprint density at radius 1 is 0.846 bits per heavy atom. The number of ether oxygens (including phenoxy) is 1. The van der Waals surface area contributed by atoms with Crippen LogP contribution in [0.25, 0.3) is 22.3 Å². The molecule has 0 radical (unpaired) electrons. The van der Waals surface area contributed by atoms with Crippen molar-refractivity contribution in [3.63, 3.8) is 0 Å². The zero-order valence-electron chi connectivity index (χ0n) is 14.5. The van der Waals surface area contributed by atoms with Crippen LogP contribution in [0.4, 0.5) is 0 Å². The molecule has 4 nitrogen and oxygen atoms in total. The first-order chi connectivity index (χ1) is 12.5. The van der Waals surface area contributed by atoms with E-state index in [-0.39, 0.29) is 5.56 Å². The Morgan fingerprint density at radius 3 is 1.73 bits per heavy atom. The van der Waals surface area contributed by atoms with Crippen LogP contribution in [0.15, 0.2) is 60.7 Å². The molecule has 0 saturated heterocycles. The smallest absolute Gasteiger partial charge is 0.335 e. The Kier molecular flexibility index (Phi) is 4.85. The fraction of sp³-hybridized carbons (Fsp3) is 0.0909. The van der Waals surface area contributed by atoms with Gasteiger partial charge in [-0.3, -0.25) is 4.79 Å². The number of aromatic carboxylic acids is 1. The van der Waals surface area contributed by atoms with E-state index in [1.165, 1.54) is 0 Å². The second-order valence-electron chi connectivity index (χ2n) is 6.10. The summed E-state index contributed by atoms with van der Waals surface area (Å²) in [5.74, 6) is -0.421. The molecule has 3 aromatic carbocycles. The average Bonchev–Trinajstić information content (AvgIpc) is 2.64. The summed E-state index contributed by atoms with van der Waals surface area (Å²) < 4.78 is 4.83. The largest absolute Gasteiger partial charge is 0.478 e. The van der Waals surface area contributed by atoms with E-state index in [0.717, 1.165) is 33.4 Å². The molecule has 0 atom stereocenters. The van der Waals surface area contributed by atoms with E-state index in [1.54, 1.807) is 24.3 Å². The lowest BCUT2D eigenvalue weighted by molar-refractivity contribution is -0.120. The van der Waals surface area contributed by atoms with Crippen LogP contribution in [-0.4, -0.2) is 17.5 Å². The Bertz CT molecular complexity index is 955. The van der Waals surface area contributed by atoms with Gasteiger partial charge in [-0.1, -0.05) is 36.4 Å². The van der Waals surface area contributed by atoms with Crippen LogP contribution >= 0.6 is 0 Å². The molecule has 0 aliphatic carbocycles. The van der Waals surface area contributed by atoms with E-state index in [9.17, 15) is 9.59 Å². The molecule has 1 N–H and O–H groups in total. The number of rotatable bonds is 5. The molecule has 0 heterocycles. The summed E-state index contributed by atoms with van der Waals surface area (Å²) in [5, 5.41) is 9.03. The van der Waals surface area contributed by atoms with Crippen LogP contribution in [0.1, 0.15) is 21.5 Å². The van der Waals surface area contributed by atoms with Gasteiger partial charge in [0.1, 0.15) is 5.75 Å². The van der Waals surface area contributed by atoms with E-state index in [2.05, 4.69) is 12.1 Å². The molecule has 0 spiro atoms. The van der Waals surface area contributed by atoms with Crippen molar-refractivity contribution >= 4 is 12.4 Å². The molecule has 0 amide bonds. The van der Waals surface area contributed by atoms with Crippen LogP contribution in [0, 0.1) is 13.8 Å². The van der Waals surface area contributed by atoms with Gasteiger partial charge in [-0.15, -0.1) is 0 Å². The number of carbonyl (C=O) groups excluding carboxylic acids is 1. The van der Waals surface area contributed by atoms with Crippen molar-refractivity contribution < 1.29 is 19.4 Å². The maximum atomic E-state index is 11.0. The van der Waals surface area contributed by atoms with E-state index in [4.69, 9.17) is 9.84 Å². The summed E-state index contributed by atoms with van der Waals surface area (Å²) in [6.45, 7) is 4.49. The summed E-state index contributed by atoms with van der Waals surface area (Å²) in [6, 6.07) is 18.5. The lowest BCUT2D eigenvalue weighted by atomic mass is 9.91. The number of carbonyl (C=O) groups is 2. The van der Waals surface area contributed by atoms with Gasteiger partial charge in [-0.2, -0.15) is 0 Å². The van der Waals surface area contributed by atoms with Gasteiger partial charge in [0.25, 0.3) is 6.47 Å². The van der Waals surface area contributed by atoms with Crippen molar-refractivity contribution in [3.8, 4) is 28.0 Å². The fourth-order valence-corrected chi connectivity index (χ4v) is 3.00. The Labute approximate surface area is 151 Å². The van der Waals surface area contributed by atoms with Crippen molar-refractivity contribution in [2.24, 2.45) is 0 Å². The zero-order chi connectivity index (χ0) is 18.7. The number of carboxylic acid groups (broad SMARTS) is 1. The standard InChI is InChI=1S/C22H18O4/c1-14-12-21(17-7-9-19(10-8-17)26-13-23)15(2)11-20(14)16-3-5-18(6-4-16)22(24)25/h3-13H,1-2H3,(H,24,25). The van der Waals surface area contributed by atoms with Crippen molar-refractivity contribution in [3.05, 3.63) is 77.4 Å². The number of hydrogen-bond acceptors (Lipinski definition) is 3. The van der Waals surface area contributed by atoms with Gasteiger partial charge in [-0.25, -0.2) is 4.79 Å². The van der Waals surface area contributed by atoms with Crippen LogP contribution in [0.5, 0.6) is 5.75 Å². The van der Waals surface area contributed by atoms with Gasteiger partial charge < -0.3 is 9.84 Å². The predicted molar refractivity (Wildman–Crippen MR) is 100 cm³/mol. The Balaban J connectivity index is 1.97. The second-order valence-corrected chi connectivity index (χ2v) is 6.10. The molecule has 3 rings (SSSR count). The second kappa shape index (κ2) is 7.23. The maximum Gasteiger partial charge on any atom is 0.335 e. The molecule has 130 valence electrons. The molecule has 26 heavy (non-hydrogen) atoms. The molecule has 3 aromatic rings. The molecule has 0 saturated carbocycles. The van der Waals surface area contributed by atoms with Crippen molar-refractivity contribution in [2.45, 2.75) is 13.8 Å². The summed E-state index contributed by atoms with van der Waals surface area (Å²) in [6.07, 6.45) is 0. The van der Waals surface area contributed by atoms with E-state index >= 15 is 0 Å². The zero-order valence-corrected chi connectivity index (χ0v) is 14.5. The summed E-state index contributed by atoms with van der Waals surface area (Å²) in [7, 11) is 0. The van der Waals surface area contributed by atoms with Gasteiger partial charge in [0.05, 0.1) is 5.56 Å². The predicted octanol–water partition coefficient (Wildman–Crippen LogP) is 4.87. The molecular formula is C22H18O4. The monoisotopic (exact) mass is 346 g/mol. The highest BCUT2D eigenvalue weighted by atomic mass is 16.5. The molecule has 0 unspecified atom stereocenters. The topological polar surface area (TPSA) is 63.6 Å². The highest BCUT2D eigenvalue weighted by molar-refractivity contribution is 5.88. The quantitative estimate of drug-likeness (QED) is 0.669. The summed E-state index contributed by atoms with van der Waals surface area (Å²) in [5.41, 5.74) is 6.68. The van der Waals surface area contributed by atoms with Crippen LogP contribution in [0.3, 0.4) is 0 Å². The van der Waals surface area contributed by atoms with Gasteiger partial charge in [0, 0.05) is 0 Å². The first-order valence-electron chi connectivity index (χ1n) is 8.15. The average molecular weight is 346 g/mol. The fourth-order valence-electron chi connectivity index (χ4n) is 3.00. The molecule has 0 aromatic heterocycles. The number of aryl methyl sites for hydroxylation is 2. The van der Waals surface area contributed by atoms with Crippen molar-refractivity contribution in [2.75, 3.05) is 0 Å². The number of carboxylic acids is 1. The highest BCUT2D eigenvalue weighted by Crippen LogP contribution is 2.32. The first kappa shape index (κ1) is 17.4. The van der Waals surface area contributed by atoms with Crippen molar-refractivity contribution in [1.82, 2.24) is 0 Å². The Hall–Kier alpha value is -3.40. The molecule has 0 fully saturated rings. The van der Waals surface area contributed by atoms with Crippen LogP contribution in [0.2, 0.25) is 0 Å². The summed E-state index contributed by atoms with van der Waals surface area (Å²) in [4.78, 5) is 21.4. The lowest BCUT2D eigenvalue weighted by Gasteiger charge is -2.13. The molecule has 0 aliphatic rings. The van der Waals surface area contributed by atoms with Crippen LogP contribution in [-0.2, 0) is 4.79 Å². The van der Waals surface area contributed by atoms with Gasteiger partial charge in [0.2, 0.25) is 0 Å². The Morgan fingerprint density at radius 2 is 1.31 bits per heavy atom. The van der Waals surface area contributed by atoms with Gasteiger partial charge >= 0.3 is 5.97 Å². The third kappa shape index (κ3) is 3.49. The minimum Gasteiger partial charge on any atom is -0.478 e. The molecule has 4 heteroatoms.